The second kappa shape index (κ2) is 5.17. The van der Waals surface area contributed by atoms with Gasteiger partial charge >= 0.3 is 0 Å². The van der Waals surface area contributed by atoms with Crippen molar-refractivity contribution in [2.24, 2.45) is 0 Å². The fourth-order valence-electron chi connectivity index (χ4n) is 2.68. The molecule has 1 aromatic rings. The van der Waals surface area contributed by atoms with Gasteiger partial charge in [-0.1, -0.05) is 23.2 Å². The Bertz CT molecular complexity index is 528. The van der Waals surface area contributed by atoms with Crippen molar-refractivity contribution >= 4 is 29.1 Å². The summed E-state index contributed by atoms with van der Waals surface area (Å²) in [7, 11) is 0. The molecule has 1 aliphatic heterocycles. The van der Waals surface area contributed by atoms with Crippen molar-refractivity contribution < 1.29 is 9.53 Å². The summed E-state index contributed by atoms with van der Waals surface area (Å²) < 4.78 is 5.97. The van der Waals surface area contributed by atoms with Gasteiger partial charge in [0, 0.05) is 19.3 Å². The quantitative estimate of drug-likeness (QED) is 0.745. The van der Waals surface area contributed by atoms with E-state index in [9.17, 15) is 4.79 Å². The van der Waals surface area contributed by atoms with Crippen molar-refractivity contribution in [2.45, 2.75) is 38.9 Å². The van der Waals surface area contributed by atoms with Crippen LogP contribution >= 0.6 is 23.2 Å². The van der Waals surface area contributed by atoms with Gasteiger partial charge in [-0.25, -0.2) is 4.98 Å². The molecule has 1 amide bonds. The van der Waals surface area contributed by atoms with Crippen LogP contribution < -0.4 is 0 Å². The van der Waals surface area contributed by atoms with E-state index in [-0.39, 0.29) is 11.1 Å². The van der Waals surface area contributed by atoms with E-state index in [1.807, 2.05) is 27.7 Å². The summed E-state index contributed by atoms with van der Waals surface area (Å²) in [6, 6.07) is 1.50. The minimum absolute atomic E-state index is 0.149. The first-order valence-electron chi connectivity index (χ1n) is 6.40. The van der Waals surface area contributed by atoms with E-state index in [1.165, 1.54) is 12.3 Å². The van der Waals surface area contributed by atoms with E-state index in [0.29, 0.717) is 23.7 Å². The molecule has 6 heteroatoms. The molecular weight excluding hydrogens is 299 g/mol. The molecule has 0 aliphatic carbocycles. The SMILES string of the molecule is CC1(C)CN(C(=O)c2cc(Cl)ncc2Cl)CC(C)(C)O1. The molecule has 110 valence electrons. The number of halogens is 2. The van der Waals surface area contributed by atoms with Crippen molar-refractivity contribution in [2.75, 3.05) is 13.1 Å². The van der Waals surface area contributed by atoms with Gasteiger partial charge in [-0.3, -0.25) is 4.79 Å². The largest absolute Gasteiger partial charge is 0.366 e. The standard InChI is InChI=1S/C14H18Cl2N2O2/c1-13(2)7-18(8-14(3,4)20-13)12(19)9-5-11(16)17-6-10(9)15/h5-6H,7-8H2,1-4H3. The maximum absolute atomic E-state index is 12.6. The number of morpholine rings is 1. The predicted molar refractivity (Wildman–Crippen MR) is 79.4 cm³/mol. The number of aromatic nitrogens is 1. The molecule has 0 atom stereocenters. The van der Waals surface area contributed by atoms with Crippen LogP contribution in [0.15, 0.2) is 12.3 Å². The molecule has 1 fully saturated rings. The van der Waals surface area contributed by atoms with E-state index in [0.717, 1.165) is 0 Å². The molecule has 0 aromatic carbocycles. The van der Waals surface area contributed by atoms with Gasteiger partial charge in [0.05, 0.1) is 21.8 Å². The summed E-state index contributed by atoms with van der Waals surface area (Å²) in [4.78, 5) is 18.3. The van der Waals surface area contributed by atoms with Crippen LogP contribution in [0.2, 0.25) is 10.2 Å². The van der Waals surface area contributed by atoms with E-state index in [1.54, 1.807) is 4.90 Å². The molecule has 0 saturated carbocycles. The molecule has 0 radical (unpaired) electrons. The van der Waals surface area contributed by atoms with E-state index >= 15 is 0 Å². The highest BCUT2D eigenvalue weighted by Crippen LogP contribution is 2.30. The number of hydrogen-bond acceptors (Lipinski definition) is 3. The summed E-state index contributed by atoms with van der Waals surface area (Å²) in [5, 5.41) is 0.561. The third-order valence-electron chi connectivity index (χ3n) is 3.04. The summed E-state index contributed by atoms with van der Waals surface area (Å²) in [5.74, 6) is -0.149. The number of rotatable bonds is 1. The highest BCUT2D eigenvalue weighted by molar-refractivity contribution is 6.35. The van der Waals surface area contributed by atoms with E-state index in [2.05, 4.69) is 4.98 Å². The van der Waals surface area contributed by atoms with Crippen molar-refractivity contribution in [3.63, 3.8) is 0 Å². The number of amides is 1. The Morgan fingerprint density at radius 3 is 2.35 bits per heavy atom. The predicted octanol–water partition coefficient (Wildman–Crippen LogP) is 3.42. The Morgan fingerprint density at radius 2 is 1.80 bits per heavy atom. The Morgan fingerprint density at radius 1 is 1.25 bits per heavy atom. The summed E-state index contributed by atoms with van der Waals surface area (Å²) in [5.41, 5.74) is -0.429. The third-order valence-corrected chi connectivity index (χ3v) is 3.54. The molecule has 0 spiro atoms. The van der Waals surface area contributed by atoms with Gasteiger partial charge in [-0.2, -0.15) is 0 Å². The van der Waals surface area contributed by atoms with Crippen LogP contribution in [0.1, 0.15) is 38.1 Å². The number of pyridine rings is 1. The zero-order valence-electron chi connectivity index (χ0n) is 12.0. The maximum atomic E-state index is 12.6. The fraction of sp³-hybridized carbons (Fsp3) is 0.571. The van der Waals surface area contributed by atoms with Crippen molar-refractivity contribution in [1.29, 1.82) is 0 Å². The normalized spacial score (nSPS) is 20.8. The van der Waals surface area contributed by atoms with Gasteiger partial charge < -0.3 is 9.64 Å². The van der Waals surface area contributed by atoms with E-state index < -0.39 is 11.2 Å². The highest BCUT2D eigenvalue weighted by Gasteiger charge is 2.40. The molecule has 1 aliphatic rings. The Kier molecular flexibility index (Phi) is 4.02. The van der Waals surface area contributed by atoms with Crippen LogP contribution in [-0.4, -0.2) is 40.1 Å². The molecule has 0 unspecified atom stereocenters. The minimum atomic E-state index is -0.402. The zero-order chi connectivity index (χ0) is 15.1. The molecule has 0 bridgehead atoms. The average Bonchev–Trinajstić information content (AvgIpc) is 2.27. The smallest absolute Gasteiger partial charge is 0.255 e. The molecular formula is C14H18Cl2N2O2. The van der Waals surface area contributed by atoms with Crippen LogP contribution in [-0.2, 0) is 4.74 Å². The highest BCUT2D eigenvalue weighted by atomic mass is 35.5. The maximum Gasteiger partial charge on any atom is 0.255 e. The number of carbonyl (C=O) groups excluding carboxylic acids is 1. The lowest BCUT2D eigenvalue weighted by molar-refractivity contribution is -0.171. The number of nitrogens with zero attached hydrogens (tertiary/aromatic N) is 2. The van der Waals surface area contributed by atoms with E-state index in [4.69, 9.17) is 27.9 Å². The first-order valence-corrected chi connectivity index (χ1v) is 7.16. The van der Waals surface area contributed by atoms with Crippen LogP contribution in [0.4, 0.5) is 0 Å². The van der Waals surface area contributed by atoms with Gasteiger partial charge in [0.1, 0.15) is 5.15 Å². The first kappa shape index (κ1) is 15.5. The lowest BCUT2D eigenvalue weighted by atomic mass is 9.98. The Hall–Kier alpha value is -0.840. The van der Waals surface area contributed by atoms with Gasteiger partial charge in [0.15, 0.2) is 0 Å². The lowest BCUT2D eigenvalue weighted by Gasteiger charge is -2.47. The summed E-state index contributed by atoms with van der Waals surface area (Å²) in [6.07, 6.45) is 1.40. The van der Waals surface area contributed by atoms with Crippen molar-refractivity contribution in [1.82, 2.24) is 9.88 Å². The van der Waals surface area contributed by atoms with Gasteiger partial charge in [0.25, 0.3) is 5.91 Å². The molecule has 0 N–H and O–H groups in total. The van der Waals surface area contributed by atoms with Crippen LogP contribution in [0.5, 0.6) is 0 Å². The number of hydrogen-bond donors (Lipinski definition) is 0. The van der Waals surface area contributed by atoms with Gasteiger partial charge in [-0.05, 0) is 33.8 Å². The van der Waals surface area contributed by atoms with Crippen LogP contribution in [0.25, 0.3) is 0 Å². The monoisotopic (exact) mass is 316 g/mol. The molecule has 4 nitrogen and oxygen atoms in total. The van der Waals surface area contributed by atoms with Crippen LogP contribution in [0, 0.1) is 0 Å². The fourth-order valence-corrected chi connectivity index (χ4v) is 3.02. The topological polar surface area (TPSA) is 42.4 Å². The lowest BCUT2D eigenvalue weighted by Crippen LogP contribution is -2.58. The first-order chi connectivity index (χ1) is 9.10. The average molecular weight is 317 g/mol. The molecule has 1 aromatic heterocycles. The zero-order valence-corrected chi connectivity index (χ0v) is 13.5. The third kappa shape index (κ3) is 3.43. The Labute approximate surface area is 129 Å². The molecule has 20 heavy (non-hydrogen) atoms. The minimum Gasteiger partial charge on any atom is -0.366 e. The molecule has 1 saturated heterocycles. The van der Waals surface area contributed by atoms with Gasteiger partial charge in [0.2, 0.25) is 0 Å². The summed E-state index contributed by atoms with van der Waals surface area (Å²) >= 11 is 11.9. The number of ether oxygens (including phenoxy) is 1. The van der Waals surface area contributed by atoms with Crippen molar-refractivity contribution in [3.05, 3.63) is 28.0 Å². The molecule has 2 rings (SSSR count). The second-order valence-electron chi connectivity index (χ2n) is 6.27. The van der Waals surface area contributed by atoms with Crippen molar-refractivity contribution in [3.8, 4) is 0 Å². The number of carbonyl (C=O) groups is 1. The molecule has 2 heterocycles. The summed E-state index contributed by atoms with van der Waals surface area (Å²) in [6.45, 7) is 8.88. The van der Waals surface area contributed by atoms with Crippen LogP contribution in [0.3, 0.4) is 0 Å². The second-order valence-corrected chi connectivity index (χ2v) is 7.06. The van der Waals surface area contributed by atoms with Gasteiger partial charge in [-0.15, -0.1) is 0 Å². The Balaban J connectivity index is 2.31.